The van der Waals surface area contributed by atoms with Crippen molar-refractivity contribution in [1.82, 2.24) is 19.5 Å². The number of carbonyl (C=O) groups excluding carboxylic acids is 2. The van der Waals surface area contributed by atoms with Crippen molar-refractivity contribution >= 4 is 36.5 Å². The molecule has 2 rings (SSSR count). The fourth-order valence-corrected chi connectivity index (χ4v) is 3.44. The van der Waals surface area contributed by atoms with Gasteiger partial charge in [0.2, 0.25) is 13.6 Å². The molecule has 0 aliphatic rings. The molecule has 0 aromatic carbocycles. The zero-order valence-corrected chi connectivity index (χ0v) is 20.2. The van der Waals surface area contributed by atoms with E-state index in [-0.39, 0.29) is 17.7 Å². The van der Waals surface area contributed by atoms with Crippen LogP contribution in [0.1, 0.15) is 34.6 Å². The third-order valence-electron chi connectivity index (χ3n) is 4.24. The molecule has 0 amide bonds. The average molecular weight is 487 g/mol. The number of nitrogen functional groups attached to an aromatic ring is 1. The topological polar surface area (TPSA) is 167 Å². The minimum absolute atomic E-state index is 0.255. The molecule has 33 heavy (non-hydrogen) atoms. The molecule has 0 aliphatic carbocycles. The summed E-state index contributed by atoms with van der Waals surface area (Å²) in [4.78, 5) is 35.5. The molecule has 1 unspecified atom stereocenters. The van der Waals surface area contributed by atoms with Crippen molar-refractivity contribution < 1.29 is 37.4 Å². The second-order valence-electron chi connectivity index (χ2n) is 7.78. The molecule has 0 radical (unpaired) electrons. The summed E-state index contributed by atoms with van der Waals surface area (Å²) < 4.78 is 40.6. The molecule has 0 spiro atoms. The molecule has 0 saturated carbocycles. The summed E-state index contributed by atoms with van der Waals surface area (Å²) in [6, 6.07) is 0. The van der Waals surface area contributed by atoms with Crippen molar-refractivity contribution in [2.24, 2.45) is 11.8 Å². The summed E-state index contributed by atoms with van der Waals surface area (Å²) in [7, 11) is -3.94. The maximum Gasteiger partial charge on any atom is 0.361 e. The largest absolute Gasteiger partial charge is 0.438 e. The fourth-order valence-electron chi connectivity index (χ4n) is 2.36. The zero-order valence-electron chi connectivity index (χ0n) is 19.3. The molecule has 0 saturated heterocycles. The van der Waals surface area contributed by atoms with Gasteiger partial charge in [0.25, 0.3) is 0 Å². The number of esters is 2. The summed E-state index contributed by atoms with van der Waals surface area (Å²) in [5, 5.41) is 0. The number of nitrogens with zero attached hydrogens (tertiary/aromatic N) is 4. The minimum Gasteiger partial charge on any atom is -0.438 e. The summed E-state index contributed by atoms with van der Waals surface area (Å²) in [5.74, 6) is -1.59. The van der Waals surface area contributed by atoms with Crippen molar-refractivity contribution in [3.63, 3.8) is 0 Å². The van der Waals surface area contributed by atoms with E-state index in [0.29, 0.717) is 17.7 Å². The van der Waals surface area contributed by atoms with Crippen LogP contribution in [0.15, 0.2) is 12.7 Å². The highest BCUT2D eigenvalue weighted by atomic mass is 31.2. The van der Waals surface area contributed by atoms with E-state index in [0.717, 1.165) is 0 Å². The van der Waals surface area contributed by atoms with E-state index in [4.69, 9.17) is 29.0 Å². The summed E-state index contributed by atoms with van der Waals surface area (Å²) in [6.45, 7) is 7.41. The Balaban J connectivity index is 1.97. The summed E-state index contributed by atoms with van der Waals surface area (Å²) in [5.41, 5.74) is 6.77. The molecule has 2 heterocycles. The van der Waals surface area contributed by atoms with Gasteiger partial charge in [0.15, 0.2) is 11.5 Å². The number of hydrogen-bond donors (Lipinski definition) is 1. The van der Waals surface area contributed by atoms with Gasteiger partial charge >= 0.3 is 19.5 Å². The van der Waals surface area contributed by atoms with E-state index in [1.54, 1.807) is 45.5 Å². The van der Waals surface area contributed by atoms with Gasteiger partial charge in [-0.2, -0.15) is 0 Å². The Morgan fingerprint density at radius 1 is 1.00 bits per heavy atom. The van der Waals surface area contributed by atoms with Gasteiger partial charge in [-0.1, -0.05) is 27.7 Å². The number of anilines is 1. The van der Waals surface area contributed by atoms with Crippen LogP contribution in [-0.4, -0.2) is 57.5 Å². The van der Waals surface area contributed by atoms with Crippen LogP contribution in [0.25, 0.3) is 11.2 Å². The van der Waals surface area contributed by atoms with Crippen LogP contribution in [0.3, 0.4) is 0 Å². The van der Waals surface area contributed by atoms with Gasteiger partial charge in [0.1, 0.15) is 18.2 Å². The first-order chi connectivity index (χ1) is 15.5. The molecular weight excluding hydrogens is 457 g/mol. The Morgan fingerprint density at radius 2 is 1.58 bits per heavy atom. The smallest absolute Gasteiger partial charge is 0.361 e. The van der Waals surface area contributed by atoms with Gasteiger partial charge < -0.3 is 24.5 Å². The number of imidazole rings is 1. The van der Waals surface area contributed by atoms with Crippen molar-refractivity contribution in [2.45, 2.75) is 47.3 Å². The lowest BCUT2D eigenvalue weighted by atomic mass is 10.2. The van der Waals surface area contributed by atoms with Crippen LogP contribution < -0.4 is 5.73 Å². The Labute approximate surface area is 191 Å². The highest BCUT2D eigenvalue weighted by Crippen LogP contribution is 2.48. The minimum atomic E-state index is -3.94. The second kappa shape index (κ2) is 12.0. The predicted molar refractivity (Wildman–Crippen MR) is 117 cm³/mol. The molecule has 2 N–H and O–H groups in total. The van der Waals surface area contributed by atoms with Crippen LogP contribution in [0.2, 0.25) is 0 Å². The molecule has 2 aromatic heterocycles. The van der Waals surface area contributed by atoms with E-state index in [2.05, 4.69) is 15.0 Å². The molecule has 0 fully saturated rings. The van der Waals surface area contributed by atoms with E-state index in [9.17, 15) is 14.2 Å². The third-order valence-corrected chi connectivity index (χ3v) is 5.71. The van der Waals surface area contributed by atoms with E-state index in [1.807, 2.05) is 0 Å². The fraction of sp³-hybridized carbons (Fsp3) is 0.632. The van der Waals surface area contributed by atoms with Crippen molar-refractivity contribution in [1.29, 1.82) is 0 Å². The first kappa shape index (κ1) is 26.7. The standard InChI is InChI=1S/C19H30N5O8P/c1-12(2)18(25)28-9-31-33(27,32-10-29-19(26)13(3)4)11-30-14(5)6-24-8-23-15-16(20)21-7-22-17(15)24/h7-8,12-14H,6,9-11H2,1-5H3,(H2,20,21,22). The molecular formula is C19H30N5O8P. The lowest BCUT2D eigenvalue weighted by molar-refractivity contribution is -0.156. The third kappa shape index (κ3) is 8.04. The van der Waals surface area contributed by atoms with Gasteiger partial charge in [-0.25, -0.2) is 15.0 Å². The maximum atomic E-state index is 13.1. The van der Waals surface area contributed by atoms with E-state index < -0.39 is 45.6 Å². The predicted octanol–water partition coefficient (Wildman–Crippen LogP) is 2.31. The number of nitrogens with two attached hydrogens (primary N) is 1. The lowest BCUT2D eigenvalue weighted by Gasteiger charge is -2.21. The highest BCUT2D eigenvalue weighted by Gasteiger charge is 2.28. The Kier molecular flexibility index (Phi) is 9.71. The highest BCUT2D eigenvalue weighted by molar-refractivity contribution is 7.53. The Bertz CT molecular complexity index is 966. The zero-order chi connectivity index (χ0) is 24.6. The first-order valence-electron chi connectivity index (χ1n) is 10.3. The lowest BCUT2D eigenvalue weighted by Crippen LogP contribution is -2.20. The molecule has 1 atom stereocenters. The average Bonchev–Trinajstić information content (AvgIpc) is 3.16. The van der Waals surface area contributed by atoms with Crippen molar-refractivity contribution in [2.75, 3.05) is 25.7 Å². The van der Waals surface area contributed by atoms with Gasteiger partial charge in [0.05, 0.1) is 30.8 Å². The Hall–Kier alpha value is -2.60. The molecule has 0 bridgehead atoms. The Morgan fingerprint density at radius 3 is 2.12 bits per heavy atom. The number of aromatic nitrogens is 4. The monoisotopic (exact) mass is 487 g/mol. The SMILES string of the molecule is CC(Cn1cnc2c(N)ncnc21)OCP(=O)(OCOC(=O)C(C)C)OCOC(=O)C(C)C. The van der Waals surface area contributed by atoms with Crippen molar-refractivity contribution in [3.8, 4) is 0 Å². The maximum absolute atomic E-state index is 13.1. The van der Waals surface area contributed by atoms with Crippen LogP contribution in [0.5, 0.6) is 0 Å². The van der Waals surface area contributed by atoms with E-state index >= 15 is 0 Å². The van der Waals surface area contributed by atoms with Crippen LogP contribution in [-0.2, 0) is 44.0 Å². The number of hydrogen-bond acceptors (Lipinski definition) is 12. The number of ether oxygens (including phenoxy) is 3. The number of fused-ring (bicyclic) bond motifs is 1. The normalized spacial score (nSPS) is 12.9. The number of carbonyl (C=O) groups is 2. The van der Waals surface area contributed by atoms with Gasteiger partial charge in [-0.3, -0.25) is 23.2 Å². The second-order valence-corrected chi connectivity index (χ2v) is 9.77. The summed E-state index contributed by atoms with van der Waals surface area (Å²) in [6.07, 6.45) is 1.92. The van der Waals surface area contributed by atoms with Crippen LogP contribution in [0, 0.1) is 11.8 Å². The van der Waals surface area contributed by atoms with Gasteiger partial charge in [0, 0.05) is 0 Å². The van der Waals surface area contributed by atoms with Gasteiger partial charge in [-0.05, 0) is 6.92 Å². The molecule has 13 nitrogen and oxygen atoms in total. The quantitative estimate of drug-likeness (QED) is 0.249. The first-order valence-corrected chi connectivity index (χ1v) is 12.0. The van der Waals surface area contributed by atoms with Crippen molar-refractivity contribution in [3.05, 3.63) is 12.7 Å². The molecule has 2 aromatic rings. The molecule has 0 aliphatic heterocycles. The van der Waals surface area contributed by atoms with Gasteiger partial charge in [-0.15, -0.1) is 0 Å². The van der Waals surface area contributed by atoms with Crippen LogP contribution >= 0.6 is 7.60 Å². The van der Waals surface area contributed by atoms with Crippen LogP contribution in [0.4, 0.5) is 5.82 Å². The van der Waals surface area contributed by atoms with E-state index in [1.165, 1.54) is 6.33 Å². The summed E-state index contributed by atoms with van der Waals surface area (Å²) >= 11 is 0. The molecule has 14 heteroatoms. The molecule has 184 valence electrons. The number of rotatable bonds is 13.